The van der Waals surface area contributed by atoms with Crippen molar-refractivity contribution in [2.75, 3.05) is 6.61 Å². The third kappa shape index (κ3) is 3.99. The first kappa shape index (κ1) is 4.99. The quantitative estimate of drug-likeness (QED) is 0.506. The van der Waals surface area contributed by atoms with Gasteiger partial charge in [-0.1, -0.05) is 11.6 Å². The van der Waals surface area contributed by atoms with Crippen molar-refractivity contribution in [1.82, 2.24) is 0 Å². The summed E-state index contributed by atoms with van der Waals surface area (Å²) in [6, 6.07) is 0. The minimum absolute atomic E-state index is 0.0312. The maximum absolute atomic E-state index is 7.90. The van der Waals surface area contributed by atoms with Gasteiger partial charge >= 0.3 is 0 Å². The molecule has 0 spiro atoms. The van der Waals surface area contributed by atoms with Crippen LogP contribution in [-0.4, -0.2) is 11.7 Å². The van der Waals surface area contributed by atoms with E-state index < -0.39 is 0 Å². The Labute approximate surface area is 35.9 Å². The van der Waals surface area contributed by atoms with Gasteiger partial charge in [-0.15, -0.1) is 0 Å². The molecule has 0 aromatic rings. The molecule has 0 rings (SSSR count). The lowest BCUT2D eigenvalue weighted by Crippen LogP contribution is -1.64. The Kier molecular flexibility index (Phi) is 3.98. The summed E-state index contributed by atoms with van der Waals surface area (Å²) in [6.07, 6.45) is 1.45. The highest BCUT2D eigenvalue weighted by molar-refractivity contribution is 6.25. The smallest absolute Gasteiger partial charge is 0.0623 e. The zero-order valence-corrected chi connectivity index (χ0v) is 3.44. The zero-order valence-electron chi connectivity index (χ0n) is 2.69. The van der Waals surface area contributed by atoms with Crippen LogP contribution in [0.15, 0.2) is 11.6 Å². The molecule has 1 nitrogen and oxygen atoms in total. The number of hydrogen-bond donors (Lipinski definition) is 1. The van der Waals surface area contributed by atoms with Gasteiger partial charge in [-0.25, -0.2) is 0 Å². The maximum atomic E-state index is 7.90. The maximum Gasteiger partial charge on any atom is 0.0623 e. The van der Waals surface area contributed by atoms with E-state index in [2.05, 4.69) is 0 Å². The number of hydrogen-bond acceptors (Lipinski definition) is 1. The molecular formula is C3H5ClO. The van der Waals surface area contributed by atoms with Gasteiger partial charge < -0.3 is 5.11 Å². The predicted octanol–water partition coefficient (Wildman–Crippen LogP) is 0.731. The Hall–Kier alpha value is -0.0100. The minimum Gasteiger partial charge on any atom is -0.392 e. The molecular weight excluding hydrogens is 87.5 g/mol. The summed E-state index contributed by atoms with van der Waals surface area (Å²) < 4.78 is 0. The van der Waals surface area contributed by atoms with E-state index >= 15 is 0 Å². The zero-order chi connectivity index (χ0) is 4.12. The first-order valence-corrected chi connectivity index (χ1v) is 1.71. The van der Waals surface area contributed by atoms with Crippen LogP contribution in [0, 0.1) is 0 Å². The van der Waals surface area contributed by atoms with Crippen molar-refractivity contribution < 1.29 is 5.11 Å². The molecule has 2 heteroatoms. The lowest BCUT2D eigenvalue weighted by atomic mass is 10.7. The summed E-state index contributed by atoms with van der Waals surface area (Å²) in [5, 5.41) is 7.90. The molecule has 0 heterocycles. The van der Waals surface area contributed by atoms with Crippen LogP contribution in [0.25, 0.3) is 0 Å². The highest BCUT2D eigenvalue weighted by Gasteiger charge is 1.54. The molecule has 0 radical (unpaired) electrons. The van der Waals surface area contributed by atoms with E-state index in [-0.39, 0.29) is 6.61 Å². The average Bonchev–Trinajstić information content (AvgIpc) is 1.41. The van der Waals surface area contributed by atoms with Crippen molar-refractivity contribution in [3.8, 4) is 0 Å². The fourth-order valence-electron chi connectivity index (χ4n) is 0.0398. The van der Waals surface area contributed by atoms with E-state index in [9.17, 15) is 0 Å². The Morgan fingerprint density at radius 2 is 2.40 bits per heavy atom. The Morgan fingerprint density at radius 1 is 1.80 bits per heavy atom. The van der Waals surface area contributed by atoms with Gasteiger partial charge in [-0.3, -0.25) is 0 Å². The molecule has 0 aliphatic carbocycles. The summed E-state index contributed by atoms with van der Waals surface area (Å²) >= 11 is 4.96. The summed E-state index contributed by atoms with van der Waals surface area (Å²) in [5.74, 6) is 0. The van der Waals surface area contributed by atoms with Crippen LogP contribution in [0.3, 0.4) is 0 Å². The SMILES string of the molecule is OC/C=C\Cl. The second kappa shape index (κ2) is 3.99. The predicted molar refractivity (Wildman–Crippen MR) is 22.1 cm³/mol. The third-order valence-electron chi connectivity index (χ3n) is 0.194. The van der Waals surface area contributed by atoms with Gasteiger partial charge in [0.15, 0.2) is 0 Å². The van der Waals surface area contributed by atoms with Gasteiger partial charge in [0.2, 0.25) is 0 Å². The van der Waals surface area contributed by atoms with Crippen LogP contribution >= 0.6 is 11.6 Å². The van der Waals surface area contributed by atoms with Crippen molar-refractivity contribution in [3.63, 3.8) is 0 Å². The lowest BCUT2D eigenvalue weighted by Gasteiger charge is -1.64. The van der Waals surface area contributed by atoms with Gasteiger partial charge in [0.1, 0.15) is 0 Å². The second-order valence-electron chi connectivity index (χ2n) is 0.544. The van der Waals surface area contributed by atoms with E-state index in [4.69, 9.17) is 16.7 Å². The topological polar surface area (TPSA) is 20.2 Å². The van der Waals surface area contributed by atoms with Crippen molar-refractivity contribution >= 4 is 11.6 Å². The molecule has 0 unspecified atom stereocenters. The van der Waals surface area contributed by atoms with Gasteiger partial charge in [0.05, 0.1) is 6.61 Å². The molecule has 30 valence electrons. The first-order valence-electron chi connectivity index (χ1n) is 1.28. The third-order valence-corrected chi connectivity index (χ3v) is 0.373. The molecule has 0 aromatic heterocycles. The number of halogens is 1. The second-order valence-corrected chi connectivity index (χ2v) is 0.796. The number of rotatable bonds is 1. The van der Waals surface area contributed by atoms with Crippen LogP contribution in [0.4, 0.5) is 0 Å². The molecule has 0 saturated carbocycles. The van der Waals surface area contributed by atoms with Crippen LogP contribution in [0.5, 0.6) is 0 Å². The summed E-state index contributed by atoms with van der Waals surface area (Å²) in [5.41, 5.74) is 1.28. The van der Waals surface area contributed by atoms with Crippen molar-refractivity contribution in [1.29, 1.82) is 0 Å². The summed E-state index contributed by atoms with van der Waals surface area (Å²) in [4.78, 5) is 0. The molecule has 0 aliphatic heterocycles. The number of aliphatic hydroxyl groups excluding tert-OH is 1. The van der Waals surface area contributed by atoms with Crippen molar-refractivity contribution in [2.45, 2.75) is 0 Å². The van der Waals surface area contributed by atoms with Crippen LogP contribution in [0.1, 0.15) is 0 Å². The van der Waals surface area contributed by atoms with E-state index in [1.807, 2.05) is 0 Å². The largest absolute Gasteiger partial charge is 0.392 e. The molecule has 0 fully saturated rings. The Balaban J connectivity index is 2.62. The normalized spacial score (nSPS) is 10.0. The molecule has 0 aliphatic rings. The van der Waals surface area contributed by atoms with Crippen molar-refractivity contribution in [2.24, 2.45) is 0 Å². The van der Waals surface area contributed by atoms with Gasteiger partial charge in [-0.2, -0.15) is 0 Å². The molecule has 1 N–H and O–H groups in total. The fourth-order valence-corrected chi connectivity index (χ4v) is 0.120. The molecule has 0 amide bonds. The van der Waals surface area contributed by atoms with Gasteiger partial charge in [0, 0.05) is 5.54 Å². The highest BCUT2D eigenvalue weighted by Crippen LogP contribution is 1.72. The van der Waals surface area contributed by atoms with Gasteiger partial charge in [-0.05, 0) is 6.08 Å². The minimum atomic E-state index is 0.0312. The summed E-state index contributed by atoms with van der Waals surface area (Å²) in [7, 11) is 0. The average molecular weight is 92.5 g/mol. The monoisotopic (exact) mass is 92.0 g/mol. The van der Waals surface area contributed by atoms with E-state index in [1.54, 1.807) is 0 Å². The summed E-state index contributed by atoms with van der Waals surface area (Å²) in [6.45, 7) is 0.0312. The van der Waals surface area contributed by atoms with E-state index in [0.717, 1.165) is 0 Å². The van der Waals surface area contributed by atoms with Crippen LogP contribution in [-0.2, 0) is 0 Å². The van der Waals surface area contributed by atoms with Gasteiger partial charge in [0.25, 0.3) is 0 Å². The van der Waals surface area contributed by atoms with E-state index in [0.29, 0.717) is 0 Å². The van der Waals surface area contributed by atoms with Crippen LogP contribution < -0.4 is 0 Å². The Morgan fingerprint density at radius 3 is 2.40 bits per heavy atom. The molecule has 0 aromatic carbocycles. The first-order chi connectivity index (χ1) is 2.41. The fraction of sp³-hybridized carbons (Fsp3) is 0.333. The standard InChI is InChI=1S/C3H5ClO/c4-2-1-3-5/h1-2,5H,3H2/b2-1-. The lowest BCUT2D eigenvalue weighted by molar-refractivity contribution is 0.343. The van der Waals surface area contributed by atoms with E-state index in [1.165, 1.54) is 11.6 Å². The molecule has 0 atom stereocenters. The Bertz CT molecular complexity index is 33.9. The van der Waals surface area contributed by atoms with Crippen LogP contribution in [0.2, 0.25) is 0 Å². The highest BCUT2D eigenvalue weighted by atomic mass is 35.5. The number of aliphatic hydroxyl groups is 1. The molecule has 0 saturated heterocycles. The molecule has 5 heavy (non-hydrogen) atoms. The molecule has 0 bridgehead atoms. The van der Waals surface area contributed by atoms with Crippen molar-refractivity contribution in [3.05, 3.63) is 11.6 Å².